The van der Waals surface area contributed by atoms with Crippen molar-refractivity contribution < 1.29 is 8.78 Å². The van der Waals surface area contributed by atoms with Gasteiger partial charge < -0.3 is 5.32 Å². The van der Waals surface area contributed by atoms with E-state index in [-0.39, 0.29) is 6.04 Å². The molecule has 1 aromatic carbocycles. The fourth-order valence-electron chi connectivity index (χ4n) is 2.56. The molecule has 17 heavy (non-hydrogen) atoms. The second-order valence-electron chi connectivity index (χ2n) is 4.77. The number of rotatable bonds is 1. The highest BCUT2D eigenvalue weighted by Crippen LogP contribution is 2.37. The van der Waals surface area contributed by atoms with E-state index in [1.165, 1.54) is 0 Å². The van der Waals surface area contributed by atoms with Gasteiger partial charge in [0, 0.05) is 16.6 Å². The molecule has 0 fully saturated rings. The zero-order chi connectivity index (χ0) is 12.6. The lowest BCUT2D eigenvalue weighted by Gasteiger charge is -2.20. The van der Waals surface area contributed by atoms with E-state index in [1.807, 2.05) is 0 Å². The monoisotopic (exact) mass is 259 g/mol. The number of hydrogen-bond donors (Lipinski definition) is 1. The van der Waals surface area contributed by atoms with Gasteiger partial charge in [0.25, 0.3) is 0 Å². The molecule has 0 aromatic heterocycles. The van der Waals surface area contributed by atoms with Crippen molar-refractivity contribution in [3.05, 3.63) is 33.9 Å². The van der Waals surface area contributed by atoms with Gasteiger partial charge in [0.1, 0.15) is 0 Å². The van der Waals surface area contributed by atoms with Crippen LogP contribution < -0.4 is 5.32 Å². The van der Waals surface area contributed by atoms with Gasteiger partial charge in [-0.25, -0.2) is 8.78 Å². The maximum atomic E-state index is 13.9. The van der Waals surface area contributed by atoms with Crippen molar-refractivity contribution in [3.8, 4) is 0 Å². The van der Waals surface area contributed by atoms with Gasteiger partial charge in [-0.1, -0.05) is 18.5 Å². The number of fused-ring (bicyclic) bond motifs is 1. The van der Waals surface area contributed by atoms with Crippen molar-refractivity contribution >= 4 is 11.6 Å². The first-order valence-corrected chi connectivity index (χ1v) is 6.26. The summed E-state index contributed by atoms with van der Waals surface area (Å²) in [5.41, 5.74) is 1.18. The Labute approximate surface area is 105 Å². The fourth-order valence-corrected chi connectivity index (χ4v) is 2.85. The van der Waals surface area contributed by atoms with Crippen LogP contribution in [0.15, 0.2) is 6.07 Å². The van der Waals surface area contributed by atoms with E-state index in [9.17, 15) is 8.78 Å². The average Bonchev–Trinajstić information content (AvgIpc) is 2.45. The van der Waals surface area contributed by atoms with Gasteiger partial charge in [-0.3, -0.25) is 0 Å². The van der Waals surface area contributed by atoms with Crippen LogP contribution in [-0.2, 0) is 6.42 Å². The molecule has 2 atom stereocenters. The van der Waals surface area contributed by atoms with Gasteiger partial charge >= 0.3 is 0 Å². The molecule has 0 heterocycles. The Morgan fingerprint density at radius 2 is 2.12 bits per heavy atom. The van der Waals surface area contributed by atoms with Crippen molar-refractivity contribution in [1.29, 1.82) is 0 Å². The van der Waals surface area contributed by atoms with E-state index in [1.54, 1.807) is 7.05 Å². The van der Waals surface area contributed by atoms with Crippen LogP contribution >= 0.6 is 11.6 Å². The summed E-state index contributed by atoms with van der Waals surface area (Å²) in [5.74, 6) is -1.14. The molecule has 1 aliphatic rings. The lowest BCUT2D eigenvalue weighted by molar-refractivity contribution is 0.411. The minimum Gasteiger partial charge on any atom is -0.313 e. The highest BCUT2D eigenvalue weighted by atomic mass is 35.5. The standard InChI is InChI=1S/C13H16ClF2N/c1-7-3-4-8-9(14)6-10(15)13(16)12(8)11(5-7)17-2/h6-7,11,17H,3-5H2,1-2H3. The first kappa shape index (κ1) is 12.8. The summed E-state index contributed by atoms with van der Waals surface area (Å²) in [6.07, 6.45) is 2.47. The van der Waals surface area contributed by atoms with Gasteiger partial charge in [-0.2, -0.15) is 0 Å². The zero-order valence-electron chi connectivity index (χ0n) is 9.99. The summed E-state index contributed by atoms with van der Waals surface area (Å²) in [7, 11) is 1.77. The number of hydrogen-bond acceptors (Lipinski definition) is 1. The molecule has 1 aliphatic carbocycles. The molecule has 94 valence electrons. The first-order chi connectivity index (χ1) is 8.04. The Bertz CT molecular complexity index is 434. The van der Waals surface area contributed by atoms with Crippen molar-refractivity contribution in [3.63, 3.8) is 0 Å². The molecule has 2 rings (SSSR count). The van der Waals surface area contributed by atoms with Crippen LogP contribution in [0.5, 0.6) is 0 Å². The Morgan fingerprint density at radius 1 is 1.41 bits per heavy atom. The summed E-state index contributed by atoms with van der Waals surface area (Å²) < 4.78 is 27.4. The largest absolute Gasteiger partial charge is 0.313 e. The van der Waals surface area contributed by atoms with Crippen LogP contribution in [0.1, 0.15) is 36.9 Å². The molecule has 4 heteroatoms. The zero-order valence-corrected chi connectivity index (χ0v) is 10.7. The highest BCUT2D eigenvalue weighted by Gasteiger charge is 2.28. The summed E-state index contributed by atoms with van der Waals surface area (Å²) in [5, 5.41) is 3.40. The lowest BCUT2D eigenvalue weighted by atomic mass is 9.96. The summed E-state index contributed by atoms with van der Waals surface area (Å²) in [6.45, 7) is 2.12. The number of halogens is 3. The third-order valence-corrected chi connectivity index (χ3v) is 3.87. The quantitative estimate of drug-likeness (QED) is 0.597. The molecule has 0 aliphatic heterocycles. The van der Waals surface area contributed by atoms with Gasteiger partial charge in [0.2, 0.25) is 0 Å². The SMILES string of the molecule is CNC1CC(C)CCc2c(Cl)cc(F)c(F)c21. The van der Waals surface area contributed by atoms with Crippen molar-refractivity contribution in [2.75, 3.05) is 7.05 Å². The molecule has 0 saturated carbocycles. The Kier molecular flexibility index (Phi) is 3.69. The van der Waals surface area contributed by atoms with Crippen LogP contribution in [0, 0.1) is 17.6 Å². The molecule has 1 nitrogen and oxygen atoms in total. The number of nitrogens with one attached hydrogen (secondary N) is 1. The van der Waals surface area contributed by atoms with Gasteiger partial charge in [-0.05, 0) is 43.9 Å². The Hall–Kier alpha value is -0.670. The smallest absolute Gasteiger partial charge is 0.163 e. The van der Waals surface area contributed by atoms with E-state index in [0.717, 1.165) is 24.5 Å². The molecule has 1 aromatic rings. The third kappa shape index (κ3) is 2.31. The predicted octanol–water partition coefficient (Wildman–Crippen LogP) is 3.85. The second-order valence-corrected chi connectivity index (χ2v) is 5.17. The molecule has 0 saturated heterocycles. The van der Waals surface area contributed by atoms with E-state index in [2.05, 4.69) is 12.2 Å². The van der Waals surface area contributed by atoms with E-state index in [0.29, 0.717) is 22.9 Å². The summed E-state index contributed by atoms with van der Waals surface area (Å²) in [4.78, 5) is 0. The minimum absolute atomic E-state index is 0.157. The normalized spacial score (nSPS) is 24.3. The molecule has 0 radical (unpaired) electrons. The summed E-state index contributed by atoms with van der Waals surface area (Å²) in [6, 6.07) is 0.925. The molecule has 0 spiro atoms. The predicted molar refractivity (Wildman–Crippen MR) is 65.3 cm³/mol. The number of benzene rings is 1. The molecule has 0 amide bonds. The average molecular weight is 260 g/mol. The maximum Gasteiger partial charge on any atom is 0.163 e. The van der Waals surface area contributed by atoms with Crippen LogP contribution in [0.2, 0.25) is 5.02 Å². The van der Waals surface area contributed by atoms with E-state index in [4.69, 9.17) is 11.6 Å². The van der Waals surface area contributed by atoms with Crippen LogP contribution in [0.4, 0.5) is 8.78 Å². The Morgan fingerprint density at radius 3 is 2.76 bits per heavy atom. The van der Waals surface area contributed by atoms with E-state index < -0.39 is 11.6 Å². The second kappa shape index (κ2) is 4.91. The molecular formula is C13H16ClF2N. The molecule has 0 bridgehead atoms. The topological polar surface area (TPSA) is 12.0 Å². The highest BCUT2D eigenvalue weighted by molar-refractivity contribution is 6.31. The Balaban J connectivity index is 2.59. The van der Waals surface area contributed by atoms with Crippen molar-refractivity contribution in [2.24, 2.45) is 5.92 Å². The van der Waals surface area contributed by atoms with Crippen LogP contribution in [0.25, 0.3) is 0 Å². The molecule has 2 unspecified atom stereocenters. The minimum atomic E-state index is -0.858. The van der Waals surface area contributed by atoms with E-state index >= 15 is 0 Å². The van der Waals surface area contributed by atoms with Gasteiger partial charge in [-0.15, -0.1) is 0 Å². The molecule has 1 N–H and O–H groups in total. The third-order valence-electron chi connectivity index (χ3n) is 3.54. The summed E-state index contributed by atoms with van der Waals surface area (Å²) >= 11 is 6.03. The van der Waals surface area contributed by atoms with Gasteiger partial charge in [0.15, 0.2) is 11.6 Å². The van der Waals surface area contributed by atoms with Crippen molar-refractivity contribution in [2.45, 2.75) is 32.2 Å². The van der Waals surface area contributed by atoms with Crippen LogP contribution in [0.3, 0.4) is 0 Å². The fraction of sp³-hybridized carbons (Fsp3) is 0.538. The molecular weight excluding hydrogens is 244 g/mol. The van der Waals surface area contributed by atoms with Crippen LogP contribution in [-0.4, -0.2) is 7.05 Å². The van der Waals surface area contributed by atoms with Gasteiger partial charge in [0.05, 0.1) is 0 Å². The first-order valence-electron chi connectivity index (χ1n) is 5.88. The lowest BCUT2D eigenvalue weighted by Crippen LogP contribution is -2.20. The van der Waals surface area contributed by atoms with Crippen molar-refractivity contribution in [1.82, 2.24) is 5.32 Å². The maximum absolute atomic E-state index is 13.9.